The predicted octanol–water partition coefficient (Wildman–Crippen LogP) is 4.94. The minimum absolute atomic E-state index is 0.0592. The van der Waals surface area contributed by atoms with Crippen molar-refractivity contribution in [3.8, 4) is 16.3 Å². The van der Waals surface area contributed by atoms with Crippen LogP contribution in [0.25, 0.3) is 20.8 Å². The van der Waals surface area contributed by atoms with E-state index in [1.165, 1.54) is 0 Å². The van der Waals surface area contributed by atoms with Gasteiger partial charge in [-0.2, -0.15) is 0 Å². The zero-order valence-corrected chi connectivity index (χ0v) is 16.2. The summed E-state index contributed by atoms with van der Waals surface area (Å²) in [5.41, 5.74) is 3.02. The zero-order valence-electron chi connectivity index (χ0n) is 15.4. The quantitative estimate of drug-likeness (QED) is 0.507. The van der Waals surface area contributed by atoms with Crippen molar-refractivity contribution in [1.82, 2.24) is 9.97 Å². The van der Waals surface area contributed by atoms with E-state index in [1.54, 1.807) is 24.6 Å². The van der Waals surface area contributed by atoms with Gasteiger partial charge in [-0.3, -0.25) is 4.79 Å². The van der Waals surface area contributed by atoms with Gasteiger partial charge in [-0.1, -0.05) is 24.3 Å². The first kappa shape index (κ1) is 18.1. The lowest BCUT2D eigenvalue weighted by Crippen LogP contribution is -2.13. The number of hydrogen-bond donors (Lipinski definition) is 1. The van der Waals surface area contributed by atoms with E-state index in [0.29, 0.717) is 18.7 Å². The summed E-state index contributed by atoms with van der Waals surface area (Å²) in [5, 5.41) is 3.77. The van der Waals surface area contributed by atoms with Crippen LogP contribution >= 0.6 is 11.3 Å². The van der Waals surface area contributed by atoms with Gasteiger partial charge in [0.25, 0.3) is 0 Å². The first-order valence-corrected chi connectivity index (χ1v) is 9.78. The van der Waals surface area contributed by atoms with Crippen LogP contribution in [-0.4, -0.2) is 23.0 Å². The molecule has 0 saturated carbocycles. The van der Waals surface area contributed by atoms with E-state index in [9.17, 15) is 4.79 Å². The van der Waals surface area contributed by atoms with Crippen LogP contribution in [0.1, 0.15) is 12.0 Å². The van der Waals surface area contributed by atoms with Crippen molar-refractivity contribution in [2.45, 2.75) is 12.8 Å². The molecule has 2 aromatic heterocycles. The Bertz CT molecular complexity index is 1060. The van der Waals surface area contributed by atoms with Gasteiger partial charge in [0.1, 0.15) is 16.6 Å². The Hall–Kier alpha value is -3.25. The lowest BCUT2D eigenvalue weighted by molar-refractivity contribution is -0.116. The van der Waals surface area contributed by atoms with Crippen molar-refractivity contribution in [2.24, 2.45) is 0 Å². The predicted molar refractivity (Wildman–Crippen MR) is 113 cm³/mol. The third-order valence-electron chi connectivity index (χ3n) is 4.37. The van der Waals surface area contributed by atoms with E-state index in [0.717, 1.165) is 32.1 Å². The highest BCUT2D eigenvalue weighted by atomic mass is 32.1. The van der Waals surface area contributed by atoms with Crippen molar-refractivity contribution in [3.63, 3.8) is 0 Å². The number of thiazole rings is 1. The number of nitrogens with one attached hydrogen (secondary N) is 1. The number of carbonyl (C=O) groups is 1. The van der Waals surface area contributed by atoms with Gasteiger partial charge in [-0.15, -0.1) is 11.3 Å². The molecule has 28 heavy (non-hydrogen) atoms. The van der Waals surface area contributed by atoms with Gasteiger partial charge in [0.15, 0.2) is 0 Å². The molecular weight excluding hydrogens is 370 g/mol. The number of methoxy groups -OCH3 is 1. The molecule has 0 aliphatic heterocycles. The van der Waals surface area contributed by atoms with Gasteiger partial charge in [0, 0.05) is 18.2 Å². The van der Waals surface area contributed by atoms with Crippen molar-refractivity contribution in [3.05, 3.63) is 72.4 Å². The molecule has 2 heterocycles. The molecule has 0 aliphatic rings. The molecule has 0 fully saturated rings. The normalized spacial score (nSPS) is 10.8. The third-order valence-corrected chi connectivity index (χ3v) is 5.46. The number of aryl methyl sites for hydroxylation is 1. The zero-order chi connectivity index (χ0) is 19.3. The highest BCUT2D eigenvalue weighted by molar-refractivity contribution is 7.21. The van der Waals surface area contributed by atoms with Gasteiger partial charge >= 0.3 is 0 Å². The van der Waals surface area contributed by atoms with E-state index in [2.05, 4.69) is 21.4 Å². The topological polar surface area (TPSA) is 64.1 Å². The molecule has 1 N–H and O–H groups in total. The largest absolute Gasteiger partial charge is 0.497 e. The highest BCUT2D eigenvalue weighted by Crippen LogP contribution is 2.29. The number of carbonyl (C=O) groups excluding carboxylic acids is 1. The Labute approximate surface area is 167 Å². The Morgan fingerprint density at radius 2 is 1.89 bits per heavy atom. The fourth-order valence-corrected chi connectivity index (χ4v) is 3.80. The number of fused-ring (bicyclic) bond motifs is 1. The molecule has 1 amide bonds. The lowest BCUT2D eigenvalue weighted by atomic mass is 10.1. The summed E-state index contributed by atoms with van der Waals surface area (Å²) < 4.78 is 6.29. The summed E-state index contributed by atoms with van der Waals surface area (Å²) in [7, 11) is 1.64. The summed E-state index contributed by atoms with van der Waals surface area (Å²) in [6, 6.07) is 19.5. The number of ether oxygens (including phenoxy) is 1. The molecule has 0 saturated heterocycles. The molecule has 0 bridgehead atoms. The first-order valence-electron chi connectivity index (χ1n) is 8.96. The molecule has 0 atom stereocenters. The fraction of sp³-hybridized carbons (Fsp3) is 0.136. The molecule has 2 aromatic carbocycles. The second-order valence-corrected chi connectivity index (χ2v) is 7.35. The highest BCUT2D eigenvalue weighted by Gasteiger charge is 2.08. The number of para-hydroxylation sites is 1. The second kappa shape index (κ2) is 8.19. The van der Waals surface area contributed by atoms with Crippen LogP contribution in [0.5, 0.6) is 5.75 Å². The van der Waals surface area contributed by atoms with E-state index in [4.69, 9.17) is 4.74 Å². The third kappa shape index (κ3) is 4.18. The Morgan fingerprint density at radius 1 is 1.07 bits per heavy atom. The van der Waals surface area contributed by atoms with Crippen LogP contribution in [0.15, 0.2) is 66.9 Å². The van der Waals surface area contributed by atoms with Gasteiger partial charge in [0.2, 0.25) is 5.91 Å². The number of anilines is 1. The number of pyridine rings is 1. The number of amides is 1. The Balaban J connectivity index is 1.36. The summed E-state index contributed by atoms with van der Waals surface area (Å²) in [6.07, 6.45) is 2.81. The second-order valence-electron chi connectivity index (χ2n) is 6.32. The molecule has 5 nitrogen and oxygen atoms in total. The van der Waals surface area contributed by atoms with Crippen LogP contribution in [0.3, 0.4) is 0 Å². The monoisotopic (exact) mass is 389 g/mol. The van der Waals surface area contributed by atoms with Crippen molar-refractivity contribution in [2.75, 3.05) is 12.4 Å². The van der Waals surface area contributed by atoms with Crippen LogP contribution in [0, 0.1) is 0 Å². The summed E-state index contributed by atoms with van der Waals surface area (Å²) in [5.74, 6) is 1.30. The van der Waals surface area contributed by atoms with Crippen molar-refractivity contribution in [1.29, 1.82) is 0 Å². The summed E-state index contributed by atoms with van der Waals surface area (Å²) >= 11 is 1.63. The molecule has 4 rings (SSSR count). The molecule has 0 spiro atoms. The molecule has 0 radical (unpaired) electrons. The molecule has 0 unspecified atom stereocenters. The number of hydrogen-bond acceptors (Lipinski definition) is 5. The van der Waals surface area contributed by atoms with Crippen LogP contribution in [-0.2, 0) is 11.2 Å². The molecule has 6 heteroatoms. The number of benzene rings is 2. The van der Waals surface area contributed by atoms with E-state index in [-0.39, 0.29) is 5.91 Å². The molecule has 0 aliphatic carbocycles. The maximum Gasteiger partial charge on any atom is 0.225 e. The van der Waals surface area contributed by atoms with Crippen molar-refractivity contribution < 1.29 is 9.53 Å². The number of aromatic nitrogens is 2. The summed E-state index contributed by atoms with van der Waals surface area (Å²) in [6.45, 7) is 0. The standard InChI is InChI=1S/C22H19N3O2S/c1-27-17-10-6-15(7-11-17)8-13-21(26)25-20-12-9-16(14-23-20)22-24-18-4-2-3-5-19(18)28-22/h2-7,9-12,14H,8,13H2,1H3,(H,23,25,26). The molecule has 4 aromatic rings. The lowest BCUT2D eigenvalue weighted by Gasteiger charge is -2.06. The molecule has 140 valence electrons. The maximum atomic E-state index is 12.2. The minimum Gasteiger partial charge on any atom is -0.497 e. The minimum atomic E-state index is -0.0592. The van der Waals surface area contributed by atoms with Gasteiger partial charge < -0.3 is 10.1 Å². The van der Waals surface area contributed by atoms with Crippen molar-refractivity contribution >= 4 is 33.3 Å². The molecular formula is C22H19N3O2S. The van der Waals surface area contributed by atoms with Crippen LogP contribution < -0.4 is 10.1 Å². The number of nitrogens with zero attached hydrogens (tertiary/aromatic N) is 2. The van der Waals surface area contributed by atoms with Gasteiger partial charge in [-0.25, -0.2) is 9.97 Å². The average molecular weight is 389 g/mol. The Kier molecular flexibility index (Phi) is 5.30. The first-order chi connectivity index (χ1) is 13.7. The average Bonchev–Trinajstić information content (AvgIpc) is 3.17. The van der Waals surface area contributed by atoms with E-state index < -0.39 is 0 Å². The Morgan fingerprint density at radius 3 is 2.61 bits per heavy atom. The van der Waals surface area contributed by atoms with E-state index >= 15 is 0 Å². The summed E-state index contributed by atoms with van der Waals surface area (Å²) in [4.78, 5) is 21.2. The van der Waals surface area contributed by atoms with Gasteiger partial charge in [0.05, 0.1) is 17.3 Å². The fourth-order valence-electron chi connectivity index (χ4n) is 2.85. The van der Waals surface area contributed by atoms with Gasteiger partial charge in [-0.05, 0) is 48.4 Å². The van der Waals surface area contributed by atoms with Crippen LogP contribution in [0.4, 0.5) is 5.82 Å². The SMILES string of the molecule is COc1ccc(CCC(=O)Nc2ccc(-c3nc4ccccc4s3)cn2)cc1. The maximum absolute atomic E-state index is 12.2. The smallest absolute Gasteiger partial charge is 0.225 e. The van der Waals surface area contributed by atoms with Crippen LogP contribution in [0.2, 0.25) is 0 Å². The van der Waals surface area contributed by atoms with E-state index in [1.807, 2.05) is 54.6 Å². The number of rotatable bonds is 6.